The van der Waals surface area contributed by atoms with Gasteiger partial charge in [-0.25, -0.2) is 4.98 Å². The van der Waals surface area contributed by atoms with Gasteiger partial charge in [0, 0.05) is 5.56 Å². The van der Waals surface area contributed by atoms with Crippen molar-refractivity contribution in [1.82, 2.24) is 10.3 Å². The van der Waals surface area contributed by atoms with Gasteiger partial charge in [0.15, 0.2) is 5.76 Å². The third-order valence-corrected chi connectivity index (χ3v) is 2.39. The maximum atomic E-state index is 5.65. The van der Waals surface area contributed by atoms with Gasteiger partial charge in [0.25, 0.3) is 0 Å². The van der Waals surface area contributed by atoms with Gasteiger partial charge in [-0.05, 0) is 14.0 Å². The monoisotopic (exact) mass is 202 g/mol. The van der Waals surface area contributed by atoms with Crippen LogP contribution < -0.4 is 5.32 Å². The fourth-order valence-corrected chi connectivity index (χ4v) is 1.35. The van der Waals surface area contributed by atoms with E-state index >= 15 is 0 Å². The minimum atomic E-state index is 0.141. The van der Waals surface area contributed by atoms with Crippen LogP contribution in [0.3, 0.4) is 0 Å². The number of hydrogen-bond donors (Lipinski definition) is 1. The van der Waals surface area contributed by atoms with Gasteiger partial charge in [0.1, 0.15) is 0 Å². The molecule has 1 aromatic carbocycles. The SMILES string of the molecule is CNC(C)c1ncc(-c2ccccc2)o1. The average molecular weight is 202 g/mol. The molecular weight excluding hydrogens is 188 g/mol. The Morgan fingerprint density at radius 1 is 1.27 bits per heavy atom. The minimum absolute atomic E-state index is 0.141. The Balaban J connectivity index is 2.28. The molecule has 3 nitrogen and oxygen atoms in total. The van der Waals surface area contributed by atoms with Crippen molar-refractivity contribution in [2.24, 2.45) is 0 Å². The Hall–Kier alpha value is -1.61. The molecule has 2 aromatic rings. The van der Waals surface area contributed by atoms with Crippen molar-refractivity contribution in [3.8, 4) is 11.3 Å². The fourth-order valence-electron chi connectivity index (χ4n) is 1.35. The zero-order valence-electron chi connectivity index (χ0n) is 8.90. The molecule has 0 fully saturated rings. The minimum Gasteiger partial charge on any atom is -0.439 e. The molecule has 0 spiro atoms. The van der Waals surface area contributed by atoms with Crippen molar-refractivity contribution < 1.29 is 4.42 Å². The summed E-state index contributed by atoms with van der Waals surface area (Å²) in [5.74, 6) is 1.53. The first kappa shape index (κ1) is 9.93. The normalized spacial score (nSPS) is 12.7. The molecule has 1 unspecified atom stereocenters. The van der Waals surface area contributed by atoms with E-state index in [0.29, 0.717) is 0 Å². The van der Waals surface area contributed by atoms with Gasteiger partial charge < -0.3 is 9.73 Å². The summed E-state index contributed by atoms with van der Waals surface area (Å²) in [4.78, 5) is 4.23. The van der Waals surface area contributed by atoms with Crippen LogP contribution in [0.5, 0.6) is 0 Å². The molecule has 1 atom stereocenters. The van der Waals surface area contributed by atoms with Crippen LogP contribution in [0.15, 0.2) is 40.9 Å². The molecule has 0 saturated heterocycles. The standard InChI is InChI=1S/C12H14N2O/c1-9(13-2)12-14-8-11(15-12)10-6-4-3-5-7-10/h3-9,13H,1-2H3. The van der Waals surface area contributed by atoms with Crippen molar-refractivity contribution in [3.63, 3.8) is 0 Å². The van der Waals surface area contributed by atoms with Crippen LogP contribution >= 0.6 is 0 Å². The fraction of sp³-hybridized carbons (Fsp3) is 0.250. The number of nitrogens with one attached hydrogen (secondary N) is 1. The highest BCUT2D eigenvalue weighted by molar-refractivity contribution is 5.55. The average Bonchev–Trinajstić information content (AvgIpc) is 2.78. The number of aromatic nitrogens is 1. The lowest BCUT2D eigenvalue weighted by Crippen LogP contribution is -2.12. The molecule has 0 saturated carbocycles. The van der Waals surface area contributed by atoms with Gasteiger partial charge in [-0.1, -0.05) is 30.3 Å². The topological polar surface area (TPSA) is 38.1 Å². The van der Waals surface area contributed by atoms with E-state index in [1.54, 1.807) is 6.20 Å². The highest BCUT2D eigenvalue weighted by Gasteiger charge is 2.10. The molecule has 15 heavy (non-hydrogen) atoms. The van der Waals surface area contributed by atoms with Crippen molar-refractivity contribution in [2.75, 3.05) is 7.05 Å². The van der Waals surface area contributed by atoms with Gasteiger partial charge in [-0.3, -0.25) is 0 Å². The Labute approximate surface area is 89.1 Å². The summed E-state index contributed by atoms with van der Waals surface area (Å²) >= 11 is 0. The Morgan fingerprint density at radius 2 is 2.00 bits per heavy atom. The zero-order valence-corrected chi connectivity index (χ0v) is 8.90. The highest BCUT2D eigenvalue weighted by atomic mass is 16.4. The predicted molar refractivity (Wildman–Crippen MR) is 59.4 cm³/mol. The Morgan fingerprint density at radius 3 is 2.67 bits per heavy atom. The lowest BCUT2D eigenvalue weighted by molar-refractivity contribution is 0.441. The number of benzene rings is 1. The molecule has 0 aliphatic carbocycles. The summed E-state index contributed by atoms with van der Waals surface area (Å²) in [7, 11) is 1.89. The summed E-state index contributed by atoms with van der Waals surface area (Å²) in [5, 5.41) is 3.09. The van der Waals surface area contributed by atoms with E-state index in [1.807, 2.05) is 44.3 Å². The van der Waals surface area contributed by atoms with Crippen molar-refractivity contribution >= 4 is 0 Å². The number of rotatable bonds is 3. The van der Waals surface area contributed by atoms with Gasteiger partial charge >= 0.3 is 0 Å². The third-order valence-electron chi connectivity index (χ3n) is 2.39. The molecule has 0 radical (unpaired) electrons. The van der Waals surface area contributed by atoms with Gasteiger partial charge in [-0.15, -0.1) is 0 Å². The predicted octanol–water partition coefficient (Wildman–Crippen LogP) is 2.62. The second-order valence-electron chi connectivity index (χ2n) is 3.44. The Bertz CT molecular complexity index is 422. The first-order chi connectivity index (χ1) is 7.31. The third kappa shape index (κ3) is 2.07. The van der Waals surface area contributed by atoms with Crippen molar-refractivity contribution in [2.45, 2.75) is 13.0 Å². The Kier molecular flexibility index (Phi) is 2.83. The van der Waals surface area contributed by atoms with Crippen LogP contribution in [-0.2, 0) is 0 Å². The van der Waals surface area contributed by atoms with E-state index in [9.17, 15) is 0 Å². The largest absolute Gasteiger partial charge is 0.439 e. The van der Waals surface area contributed by atoms with Crippen molar-refractivity contribution in [1.29, 1.82) is 0 Å². The number of hydrogen-bond acceptors (Lipinski definition) is 3. The second-order valence-corrected chi connectivity index (χ2v) is 3.44. The van der Waals surface area contributed by atoms with E-state index in [-0.39, 0.29) is 6.04 Å². The molecular formula is C12H14N2O. The van der Waals surface area contributed by atoms with Crippen LogP contribution in [0.4, 0.5) is 0 Å². The lowest BCUT2D eigenvalue weighted by atomic mass is 10.2. The molecule has 1 N–H and O–H groups in total. The van der Waals surface area contributed by atoms with Gasteiger partial charge in [0.05, 0.1) is 12.2 Å². The van der Waals surface area contributed by atoms with E-state index in [1.165, 1.54) is 0 Å². The van der Waals surface area contributed by atoms with Crippen LogP contribution in [0.2, 0.25) is 0 Å². The summed E-state index contributed by atoms with van der Waals surface area (Å²) < 4.78 is 5.65. The molecule has 1 aromatic heterocycles. The second kappa shape index (κ2) is 4.28. The van der Waals surface area contributed by atoms with E-state index in [2.05, 4.69) is 10.3 Å². The molecule has 0 aliphatic rings. The van der Waals surface area contributed by atoms with E-state index in [4.69, 9.17) is 4.42 Å². The molecule has 3 heteroatoms. The van der Waals surface area contributed by atoms with E-state index < -0.39 is 0 Å². The lowest BCUT2D eigenvalue weighted by Gasteiger charge is -2.03. The quantitative estimate of drug-likeness (QED) is 0.831. The highest BCUT2D eigenvalue weighted by Crippen LogP contribution is 2.22. The number of nitrogens with zero attached hydrogens (tertiary/aromatic N) is 1. The number of oxazole rings is 1. The van der Waals surface area contributed by atoms with Crippen LogP contribution in [-0.4, -0.2) is 12.0 Å². The van der Waals surface area contributed by atoms with Crippen LogP contribution in [0.25, 0.3) is 11.3 Å². The molecule has 1 heterocycles. The first-order valence-electron chi connectivity index (χ1n) is 4.99. The van der Waals surface area contributed by atoms with Crippen LogP contribution in [0, 0.1) is 0 Å². The summed E-state index contributed by atoms with van der Waals surface area (Å²) in [5.41, 5.74) is 1.06. The summed E-state index contributed by atoms with van der Waals surface area (Å²) in [6.07, 6.45) is 1.76. The molecule has 0 amide bonds. The maximum absolute atomic E-state index is 5.65. The maximum Gasteiger partial charge on any atom is 0.211 e. The van der Waals surface area contributed by atoms with Gasteiger partial charge in [-0.2, -0.15) is 0 Å². The first-order valence-corrected chi connectivity index (χ1v) is 4.99. The van der Waals surface area contributed by atoms with E-state index in [0.717, 1.165) is 17.2 Å². The smallest absolute Gasteiger partial charge is 0.211 e. The summed E-state index contributed by atoms with van der Waals surface area (Å²) in [6.45, 7) is 2.01. The molecule has 0 bridgehead atoms. The van der Waals surface area contributed by atoms with Gasteiger partial charge in [0.2, 0.25) is 5.89 Å². The molecule has 0 aliphatic heterocycles. The molecule has 2 rings (SSSR count). The van der Waals surface area contributed by atoms with Crippen LogP contribution in [0.1, 0.15) is 18.9 Å². The zero-order chi connectivity index (χ0) is 10.7. The molecule has 78 valence electrons. The van der Waals surface area contributed by atoms with Crippen molar-refractivity contribution in [3.05, 3.63) is 42.4 Å². The summed E-state index contributed by atoms with van der Waals surface area (Å²) in [6, 6.07) is 10.1.